The van der Waals surface area contributed by atoms with E-state index in [1.807, 2.05) is 0 Å². The zero-order valence-corrected chi connectivity index (χ0v) is 9.92. The highest BCUT2D eigenvalue weighted by atomic mass is 16.6. The molecule has 0 spiro atoms. The van der Waals surface area contributed by atoms with Crippen LogP contribution in [0.3, 0.4) is 0 Å². The molecule has 0 aromatic carbocycles. The summed E-state index contributed by atoms with van der Waals surface area (Å²) in [6.45, 7) is -0.370. The third-order valence-electron chi connectivity index (χ3n) is 3.31. The number of aliphatic hydroxyl groups excluding tert-OH is 3. The van der Waals surface area contributed by atoms with E-state index >= 15 is 0 Å². The Labute approximate surface area is 108 Å². The lowest BCUT2D eigenvalue weighted by molar-refractivity contribution is -0.0508. The molecule has 102 valence electrons. The van der Waals surface area contributed by atoms with Gasteiger partial charge in [-0.3, -0.25) is 0 Å². The number of hydrogen-bond donors (Lipinski definition) is 4. The van der Waals surface area contributed by atoms with Crippen molar-refractivity contribution in [2.24, 2.45) is 0 Å². The minimum Gasteiger partial charge on any atom is -0.394 e. The summed E-state index contributed by atoms with van der Waals surface area (Å²) in [7, 11) is 0. The van der Waals surface area contributed by atoms with E-state index in [2.05, 4.69) is 9.97 Å². The number of aliphatic hydroxyl groups is 3. The molecule has 0 aliphatic carbocycles. The summed E-state index contributed by atoms with van der Waals surface area (Å²) < 4.78 is 7.01. The van der Waals surface area contributed by atoms with E-state index in [1.54, 1.807) is 10.6 Å². The lowest BCUT2D eigenvalue weighted by Gasteiger charge is -2.16. The minimum absolute atomic E-state index is 0.281. The fourth-order valence-electron chi connectivity index (χ4n) is 2.29. The van der Waals surface area contributed by atoms with E-state index < -0.39 is 24.5 Å². The van der Waals surface area contributed by atoms with Crippen molar-refractivity contribution >= 4 is 16.9 Å². The Balaban J connectivity index is 2.04. The predicted molar refractivity (Wildman–Crippen MR) is 64.9 cm³/mol. The highest BCUT2D eigenvalue weighted by Crippen LogP contribution is 2.32. The second-order valence-corrected chi connectivity index (χ2v) is 4.44. The molecule has 1 aliphatic heterocycles. The first-order valence-electron chi connectivity index (χ1n) is 5.83. The van der Waals surface area contributed by atoms with E-state index in [0.717, 1.165) is 0 Å². The number of imidazole rings is 1. The Morgan fingerprint density at radius 1 is 1.32 bits per heavy atom. The van der Waals surface area contributed by atoms with E-state index in [-0.39, 0.29) is 12.4 Å². The molecule has 8 nitrogen and oxygen atoms in total. The molecule has 5 N–H and O–H groups in total. The number of anilines is 1. The van der Waals surface area contributed by atoms with Gasteiger partial charge in [0.1, 0.15) is 23.8 Å². The summed E-state index contributed by atoms with van der Waals surface area (Å²) in [6, 6.07) is 1.69. The van der Waals surface area contributed by atoms with Gasteiger partial charge in [-0.05, 0) is 6.07 Å². The standard InChI is InChI=1S/C11H14N4O4/c12-10-7-5(1-2-13-10)15(4-14-7)11-9(18)8(17)6(3-16)19-11/h1-2,4,6,8-9,11,16-18H,3H2,(H2,12,13)/t6?,8-,9-,11?/m1/s1. The summed E-state index contributed by atoms with van der Waals surface area (Å²) >= 11 is 0. The molecular weight excluding hydrogens is 252 g/mol. The molecule has 8 heteroatoms. The summed E-state index contributed by atoms with van der Waals surface area (Å²) in [4.78, 5) is 8.03. The summed E-state index contributed by atoms with van der Waals surface area (Å²) in [5.41, 5.74) is 6.85. The number of nitrogen functional groups attached to an aromatic ring is 1. The van der Waals surface area contributed by atoms with Gasteiger partial charge in [0, 0.05) is 6.20 Å². The second-order valence-electron chi connectivity index (χ2n) is 4.44. The van der Waals surface area contributed by atoms with Crippen LogP contribution >= 0.6 is 0 Å². The van der Waals surface area contributed by atoms with Crippen LogP contribution in [0.2, 0.25) is 0 Å². The van der Waals surface area contributed by atoms with Crippen LogP contribution in [0, 0.1) is 0 Å². The number of hydrogen-bond acceptors (Lipinski definition) is 7. The van der Waals surface area contributed by atoms with Crippen molar-refractivity contribution in [3.8, 4) is 0 Å². The molecule has 1 saturated heterocycles. The van der Waals surface area contributed by atoms with Gasteiger partial charge >= 0.3 is 0 Å². The number of aromatic nitrogens is 3. The molecule has 1 fully saturated rings. The molecule has 3 heterocycles. The topological polar surface area (TPSA) is 127 Å². The lowest BCUT2D eigenvalue weighted by atomic mass is 10.1. The Kier molecular flexibility index (Phi) is 2.86. The summed E-state index contributed by atoms with van der Waals surface area (Å²) in [5, 5.41) is 28.8. The van der Waals surface area contributed by atoms with Gasteiger partial charge in [-0.25, -0.2) is 9.97 Å². The average molecular weight is 266 g/mol. The maximum absolute atomic E-state index is 9.98. The smallest absolute Gasteiger partial charge is 0.164 e. The maximum atomic E-state index is 9.98. The Hall–Kier alpha value is -1.74. The first-order valence-corrected chi connectivity index (χ1v) is 5.83. The lowest BCUT2D eigenvalue weighted by Crippen LogP contribution is -2.33. The van der Waals surface area contributed by atoms with Crippen LogP contribution in [0.15, 0.2) is 18.6 Å². The van der Waals surface area contributed by atoms with Crippen molar-refractivity contribution in [2.75, 3.05) is 12.3 Å². The zero-order valence-electron chi connectivity index (χ0n) is 9.92. The van der Waals surface area contributed by atoms with E-state index in [1.165, 1.54) is 12.5 Å². The second kappa shape index (κ2) is 4.42. The predicted octanol–water partition coefficient (Wildman–Crippen LogP) is -1.38. The number of pyridine rings is 1. The molecule has 0 saturated carbocycles. The normalized spacial score (nSPS) is 31.1. The fourth-order valence-corrected chi connectivity index (χ4v) is 2.29. The molecule has 4 atom stereocenters. The Bertz CT molecular complexity index is 601. The van der Waals surface area contributed by atoms with E-state index in [9.17, 15) is 10.2 Å². The molecule has 2 aromatic heterocycles. The third kappa shape index (κ3) is 1.77. The monoisotopic (exact) mass is 266 g/mol. The van der Waals surface area contributed by atoms with Crippen LogP contribution in [0.5, 0.6) is 0 Å². The van der Waals surface area contributed by atoms with Gasteiger partial charge in [-0.1, -0.05) is 0 Å². The SMILES string of the molecule is Nc1nccc2c1ncn2C1OC(CO)[C@@H](O)[C@H]1O. The minimum atomic E-state index is -1.15. The van der Waals surface area contributed by atoms with Crippen LogP contribution in [0.1, 0.15) is 6.23 Å². The maximum Gasteiger partial charge on any atom is 0.164 e. The van der Waals surface area contributed by atoms with Gasteiger partial charge in [0.2, 0.25) is 0 Å². The van der Waals surface area contributed by atoms with Gasteiger partial charge in [-0.2, -0.15) is 0 Å². The molecule has 0 bridgehead atoms. The molecule has 1 aliphatic rings. The van der Waals surface area contributed by atoms with Crippen molar-refractivity contribution < 1.29 is 20.1 Å². The number of fused-ring (bicyclic) bond motifs is 1. The molecule has 19 heavy (non-hydrogen) atoms. The molecule has 0 amide bonds. The molecule has 2 aromatic rings. The van der Waals surface area contributed by atoms with E-state index in [4.69, 9.17) is 15.6 Å². The van der Waals surface area contributed by atoms with Crippen LogP contribution in [0.25, 0.3) is 11.0 Å². The van der Waals surface area contributed by atoms with Crippen molar-refractivity contribution in [3.63, 3.8) is 0 Å². The molecule has 3 rings (SSSR count). The first kappa shape index (κ1) is 12.3. The van der Waals surface area contributed by atoms with Crippen LogP contribution in [-0.4, -0.2) is 54.8 Å². The summed E-state index contributed by atoms with van der Waals surface area (Å²) in [6.07, 6.45) is -0.952. The van der Waals surface area contributed by atoms with Gasteiger partial charge in [0.25, 0.3) is 0 Å². The zero-order chi connectivity index (χ0) is 13.6. The number of nitrogens with zero attached hydrogens (tertiary/aromatic N) is 3. The van der Waals surface area contributed by atoms with Crippen LogP contribution in [0.4, 0.5) is 5.82 Å². The van der Waals surface area contributed by atoms with Crippen molar-refractivity contribution in [1.29, 1.82) is 0 Å². The molecule has 0 radical (unpaired) electrons. The number of nitrogens with two attached hydrogens (primary N) is 1. The van der Waals surface area contributed by atoms with Crippen LogP contribution in [-0.2, 0) is 4.74 Å². The quantitative estimate of drug-likeness (QED) is 0.528. The van der Waals surface area contributed by atoms with E-state index in [0.29, 0.717) is 11.0 Å². The summed E-state index contributed by atoms with van der Waals surface area (Å²) in [5.74, 6) is 0.281. The number of ether oxygens (including phenoxy) is 1. The van der Waals surface area contributed by atoms with Gasteiger partial charge in [0.15, 0.2) is 12.0 Å². The third-order valence-corrected chi connectivity index (χ3v) is 3.31. The Morgan fingerprint density at radius 2 is 2.11 bits per heavy atom. The number of rotatable bonds is 2. The van der Waals surface area contributed by atoms with Gasteiger partial charge < -0.3 is 30.4 Å². The average Bonchev–Trinajstić information content (AvgIpc) is 2.94. The highest BCUT2D eigenvalue weighted by molar-refractivity contribution is 5.84. The molecular formula is C11H14N4O4. The first-order chi connectivity index (χ1) is 9.13. The fraction of sp³-hybridized carbons (Fsp3) is 0.455. The van der Waals surface area contributed by atoms with Crippen molar-refractivity contribution in [2.45, 2.75) is 24.5 Å². The van der Waals surface area contributed by atoms with Gasteiger partial charge in [-0.15, -0.1) is 0 Å². The van der Waals surface area contributed by atoms with Crippen molar-refractivity contribution in [1.82, 2.24) is 14.5 Å². The molecule has 2 unspecified atom stereocenters. The van der Waals surface area contributed by atoms with Crippen LogP contribution < -0.4 is 5.73 Å². The van der Waals surface area contributed by atoms with Gasteiger partial charge in [0.05, 0.1) is 18.5 Å². The van der Waals surface area contributed by atoms with Crippen molar-refractivity contribution in [3.05, 3.63) is 18.6 Å². The largest absolute Gasteiger partial charge is 0.394 e. The highest BCUT2D eigenvalue weighted by Gasteiger charge is 2.43. The Morgan fingerprint density at radius 3 is 2.79 bits per heavy atom.